The second-order valence-corrected chi connectivity index (χ2v) is 11.1. The van der Waals surface area contributed by atoms with Crippen molar-refractivity contribution < 1.29 is 18.7 Å². The second-order valence-electron chi connectivity index (χ2n) is 10.0. The number of ether oxygens (including phenoxy) is 1. The number of rotatable bonds is 9. The van der Waals surface area contributed by atoms with Crippen molar-refractivity contribution in [3.63, 3.8) is 0 Å². The van der Waals surface area contributed by atoms with Crippen LogP contribution in [0.15, 0.2) is 72.8 Å². The Bertz CT molecular complexity index is 1540. The molecule has 4 aromatic rings. The molecular weight excluding hydrogens is 539 g/mol. The average Bonchev–Trinajstić information content (AvgIpc) is 3.30. The highest BCUT2D eigenvalue weighted by Gasteiger charge is 2.38. The summed E-state index contributed by atoms with van der Waals surface area (Å²) in [6.07, 6.45) is 0.669. The van der Waals surface area contributed by atoms with E-state index in [9.17, 15) is 14.0 Å². The highest BCUT2D eigenvalue weighted by Crippen LogP contribution is 2.48. The number of aromatic nitrogens is 2. The average molecular weight is 573 g/mol. The number of hydrogen-bond acceptors (Lipinski definition) is 5. The number of benzene rings is 3. The van der Waals surface area contributed by atoms with Gasteiger partial charge in [0, 0.05) is 31.4 Å². The maximum Gasteiger partial charge on any atom is 0.240 e. The maximum absolute atomic E-state index is 14.0. The van der Waals surface area contributed by atoms with Crippen molar-refractivity contribution >= 4 is 29.4 Å². The minimum Gasteiger partial charge on any atom is -0.385 e. The maximum atomic E-state index is 14.0. The molecule has 0 radical (unpaired) electrons. The van der Waals surface area contributed by atoms with Crippen molar-refractivity contribution in [2.24, 2.45) is 0 Å². The summed E-state index contributed by atoms with van der Waals surface area (Å²) in [5.41, 5.74) is 6.19. The van der Waals surface area contributed by atoms with Crippen LogP contribution in [0.1, 0.15) is 33.9 Å². The predicted molar refractivity (Wildman–Crippen MR) is 161 cm³/mol. The summed E-state index contributed by atoms with van der Waals surface area (Å²) >= 11 is 1.46. The molecule has 0 bridgehead atoms. The number of carbonyl (C=O) groups is 2. The van der Waals surface area contributed by atoms with Gasteiger partial charge in [-0.25, -0.2) is 9.07 Å². The molecule has 7 nitrogen and oxygen atoms in total. The largest absolute Gasteiger partial charge is 0.385 e. The topological polar surface area (TPSA) is 76.5 Å². The number of methoxy groups -OCH3 is 1. The van der Waals surface area contributed by atoms with Crippen LogP contribution in [0.5, 0.6) is 0 Å². The standard InChI is InChI=1S/C32H33FN4O3S/c1-21-9-7-12-26(22(21)2)37-32-29(30(35-37)23-10-5-4-6-11-23)31(24-13-15-25(33)16-14-24)41-20-28(39)36(32)19-27(38)34-17-8-18-40-3/h4-7,9-16,31H,8,17-20H2,1-3H3,(H,34,38). The van der Waals surface area contributed by atoms with Gasteiger partial charge in [0.2, 0.25) is 11.8 Å². The normalized spacial score (nSPS) is 15.0. The molecule has 0 fully saturated rings. The SMILES string of the molecule is COCCCNC(=O)CN1C(=O)CSC(c2ccc(F)cc2)c2c(-c3ccccc3)nn(-c3cccc(C)c3C)c21. The van der Waals surface area contributed by atoms with Crippen LogP contribution in [0.2, 0.25) is 0 Å². The van der Waals surface area contributed by atoms with Gasteiger partial charge >= 0.3 is 0 Å². The third-order valence-electron chi connectivity index (χ3n) is 7.26. The summed E-state index contributed by atoms with van der Waals surface area (Å²) in [4.78, 5) is 28.5. The van der Waals surface area contributed by atoms with Gasteiger partial charge in [-0.05, 0) is 55.2 Å². The minimum atomic E-state index is -0.329. The van der Waals surface area contributed by atoms with Crippen molar-refractivity contribution in [3.05, 3.63) is 101 Å². The second kappa shape index (κ2) is 12.7. The lowest BCUT2D eigenvalue weighted by Crippen LogP contribution is -2.42. The van der Waals surface area contributed by atoms with Gasteiger partial charge in [0.05, 0.1) is 22.4 Å². The molecule has 0 aliphatic carbocycles. The van der Waals surface area contributed by atoms with Gasteiger partial charge in [-0.1, -0.05) is 54.6 Å². The number of carbonyl (C=O) groups excluding carboxylic acids is 2. The summed E-state index contributed by atoms with van der Waals surface area (Å²) in [5, 5.41) is 7.73. The third-order valence-corrected chi connectivity index (χ3v) is 8.52. The molecule has 0 spiro atoms. The Hall–Kier alpha value is -3.95. The molecule has 0 saturated heterocycles. The summed E-state index contributed by atoms with van der Waals surface area (Å²) in [7, 11) is 1.62. The lowest BCUT2D eigenvalue weighted by molar-refractivity contribution is -0.122. The first-order valence-electron chi connectivity index (χ1n) is 13.6. The number of amides is 2. The first-order valence-corrected chi connectivity index (χ1v) is 14.6. The number of anilines is 1. The molecule has 1 aliphatic heterocycles. The fraction of sp³-hybridized carbons (Fsp3) is 0.281. The molecule has 2 amide bonds. The number of nitrogens with one attached hydrogen (secondary N) is 1. The van der Waals surface area contributed by atoms with Gasteiger partial charge in [0.15, 0.2) is 0 Å². The van der Waals surface area contributed by atoms with Gasteiger partial charge < -0.3 is 10.1 Å². The lowest BCUT2D eigenvalue weighted by atomic mass is 9.99. The van der Waals surface area contributed by atoms with E-state index in [0.717, 1.165) is 33.5 Å². The molecule has 0 saturated carbocycles. The molecule has 1 unspecified atom stereocenters. The Morgan fingerprint density at radius 2 is 1.83 bits per heavy atom. The molecule has 212 valence electrons. The number of aryl methyl sites for hydroxylation is 1. The van der Waals surface area contributed by atoms with E-state index >= 15 is 0 Å². The highest BCUT2D eigenvalue weighted by atomic mass is 32.2. The van der Waals surface area contributed by atoms with Crippen molar-refractivity contribution in [2.45, 2.75) is 25.5 Å². The molecule has 5 rings (SSSR count). The van der Waals surface area contributed by atoms with Gasteiger partial charge in [0.1, 0.15) is 18.2 Å². The Kier molecular flexibility index (Phi) is 8.85. The van der Waals surface area contributed by atoms with E-state index in [1.165, 1.54) is 23.9 Å². The van der Waals surface area contributed by atoms with E-state index in [-0.39, 0.29) is 35.2 Å². The Balaban J connectivity index is 1.74. The van der Waals surface area contributed by atoms with Crippen LogP contribution in [0, 0.1) is 19.7 Å². The van der Waals surface area contributed by atoms with Crippen LogP contribution in [-0.2, 0) is 14.3 Å². The summed E-state index contributed by atoms with van der Waals surface area (Å²) < 4.78 is 20.9. The molecular formula is C32H33FN4O3S. The monoisotopic (exact) mass is 572 g/mol. The summed E-state index contributed by atoms with van der Waals surface area (Å²) in [5.74, 6) is -0.0902. The molecule has 1 N–H and O–H groups in total. The number of nitrogens with zero attached hydrogens (tertiary/aromatic N) is 3. The highest BCUT2D eigenvalue weighted by molar-refractivity contribution is 8.00. The van der Waals surface area contributed by atoms with Crippen LogP contribution < -0.4 is 10.2 Å². The van der Waals surface area contributed by atoms with E-state index in [0.29, 0.717) is 31.1 Å². The van der Waals surface area contributed by atoms with Crippen LogP contribution in [0.4, 0.5) is 10.2 Å². The van der Waals surface area contributed by atoms with Crippen LogP contribution >= 0.6 is 11.8 Å². The number of halogens is 1. The molecule has 1 atom stereocenters. The lowest BCUT2D eigenvalue weighted by Gasteiger charge is -2.24. The number of thioether (sulfide) groups is 1. The van der Waals surface area contributed by atoms with Gasteiger partial charge in [0.25, 0.3) is 0 Å². The van der Waals surface area contributed by atoms with Crippen molar-refractivity contribution in [1.82, 2.24) is 15.1 Å². The number of hydrogen-bond donors (Lipinski definition) is 1. The van der Waals surface area contributed by atoms with Crippen LogP contribution in [0.3, 0.4) is 0 Å². The predicted octanol–water partition coefficient (Wildman–Crippen LogP) is 5.62. The Labute approximate surface area is 243 Å². The minimum absolute atomic E-state index is 0.148. The first-order chi connectivity index (χ1) is 19.9. The third kappa shape index (κ3) is 6.06. The van der Waals surface area contributed by atoms with E-state index in [1.54, 1.807) is 28.8 Å². The van der Waals surface area contributed by atoms with Gasteiger partial charge in [-0.2, -0.15) is 5.10 Å². The van der Waals surface area contributed by atoms with E-state index in [1.807, 2.05) is 62.4 Å². The van der Waals surface area contributed by atoms with Crippen LogP contribution in [-0.4, -0.2) is 54.2 Å². The molecule has 9 heteroatoms. The smallest absolute Gasteiger partial charge is 0.240 e. The van der Waals surface area contributed by atoms with Crippen molar-refractivity contribution in [2.75, 3.05) is 37.5 Å². The zero-order chi connectivity index (χ0) is 28.9. The summed E-state index contributed by atoms with van der Waals surface area (Å²) in [6, 6.07) is 22.2. The van der Waals surface area contributed by atoms with E-state index < -0.39 is 0 Å². The van der Waals surface area contributed by atoms with Crippen molar-refractivity contribution in [1.29, 1.82) is 0 Å². The zero-order valence-electron chi connectivity index (χ0n) is 23.4. The summed E-state index contributed by atoms with van der Waals surface area (Å²) in [6.45, 7) is 4.88. The number of fused-ring (bicyclic) bond motifs is 1. The first kappa shape index (κ1) is 28.6. The van der Waals surface area contributed by atoms with E-state index in [2.05, 4.69) is 5.32 Å². The molecule has 41 heavy (non-hydrogen) atoms. The Morgan fingerprint density at radius 1 is 1.07 bits per heavy atom. The quantitative estimate of drug-likeness (QED) is 0.264. The fourth-order valence-corrected chi connectivity index (χ4v) is 6.20. The van der Waals surface area contributed by atoms with E-state index in [4.69, 9.17) is 9.84 Å². The molecule has 2 heterocycles. The van der Waals surface area contributed by atoms with Crippen LogP contribution in [0.25, 0.3) is 16.9 Å². The molecule has 1 aliphatic rings. The van der Waals surface area contributed by atoms with Crippen molar-refractivity contribution in [3.8, 4) is 16.9 Å². The van der Waals surface area contributed by atoms with Gasteiger partial charge in [-0.3, -0.25) is 14.5 Å². The zero-order valence-corrected chi connectivity index (χ0v) is 24.2. The molecule has 1 aromatic heterocycles. The Morgan fingerprint density at radius 3 is 2.56 bits per heavy atom. The molecule has 3 aromatic carbocycles. The fourth-order valence-electron chi connectivity index (χ4n) is 5.01. The van der Waals surface area contributed by atoms with Gasteiger partial charge in [-0.15, -0.1) is 11.8 Å².